The fraction of sp³-hybridized carbons (Fsp3) is 0.222. The van der Waals surface area contributed by atoms with Crippen LogP contribution in [0.5, 0.6) is 0 Å². The molecule has 4 aromatic rings. The van der Waals surface area contributed by atoms with Crippen LogP contribution < -0.4 is 0 Å². The predicted octanol–water partition coefficient (Wildman–Crippen LogP) is 10.6. The number of aryl methyl sites for hydroxylation is 1. The average Bonchev–Trinajstić information content (AvgIpc) is 3.49. The third-order valence-corrected chi connectivity index (χ3v) is 17.8. The normalized spacial score (nSPS) is 21.5. The van der Waals surface area contributed by atoms with Gasteiger partial charge in [-0.25, -0.2) is 4.98 Å². The van der Waals surface area contributed by atoms with E-state index in [4.69, 9.17) is 4.99 Å². The monoisotopic (exact) mass is 760 g/mol. The molecule has 0 amide bonds. The summed E-state index contributed by atoms with van der Waals surface area (Å²) in [6.07, 6.45) is 0. The fourth-order valence-electron chi connectivity index (χ4n) is 3.43. The predicted molar refractivity (Wildman–Crippen MR) is 156 cm³/mol. The quantitative estimate of drug-likeness (QED) is 0.203. The molecule has 12 heteroatoms. The Morgan fingerprint density at radius 3 is 2.07 bits per heavy atom. The first-order valence-electron chi connectivity index (χ1n) is 8.57. The van der Waals surface area contributed by atoms with Crippen molar-refractivity contribution in [2.45, 2.75) is 24.5 Å². The molecule has 30 heavy (non-hydrogen) atoms. The van der Waals surface area contributed by atoms with Crippen molar-refractivity contribution in [2.75, 3.05) is 0 Å². The molecule has 0 bridgehead atoms. The summed E-state index contributed by atoms with van der Waals surface area (Å²) in [5.41, 5.74) is 0. The Hall–Kier alpha value is 1.28. The lowest BCUT2D eigenvalue weighted by atomic mass is 10.3. The van der Waals surface area contributed by atoms with Crippen LogP contribution in [0.4, 0.5) is 0 Å². The smallest absolute Gasteiger partial charge is 0.136 e. The lowest BCUT2D eigenvalue weighted by Gasteiger charge is -2.04. The lowest BCUT2D eigenvalue weighted by molar-refractivity contribution is 0.987. The zero-order valence-electron chi connectivity index (χ0n) is 15.0. The van der Waals surface area contributed by atoms with Gasteiger partial charge in [0.2, 0.25) is 0 Å². The van der Waals surface area contributed by atoms with Crippen molar-refractivity contribution < 1.29 is 0 Å². The summed E-state index contributed by atoms with van der Waals surface area (Å²) >= 11 is 26.5. The Morgan fingerprint density at radius 1 is 0.733 bits per heavy atom. The second-order valence-corrected chi connectivity index (χ2v) is 16.6. The van der Waals surface area contributed by atoms with Crippen LogP contribution in [0.1, 0.15) is 16.8 Å². The van der Waals surface area contributed by atoms with Crippen LogP contribution >= 0.6 is 133 Å². The van der Waals surface area contributed by atoms with Crippen LogP contribution in [0.3, 0.4) is 0 Å². The molecule has 0 N–H and O–H groups in total. The molecule has 6 rings (SSSR count). The molecule has 0 spiro atoms. The maximum Gasteiger partial charge on any atom is 0.136 e. The van der Waals surface area contributed by atoms with Gasteiger partial charge in [0.15, 0.2) is 0 Å². The van der Waals surface area contributed by atoms with E-state index in [1.807, 2.05) is 46.2 Å². The number of hydrogen-bond acceptors (Lipinski definition) is 8. The number of hydrogen-bond donors (Lipinski definition) is 0. The van der Waals surface area contributed by atoms with Crippen molar-refractivity contribution in [3.63, 3.8) is 0 Å². The van der Waals surface area contributed by atoms with E-state index in [2.05, 4.69) is 82.6 Å². The van der Waals surface area contributed by atoms with Gasteiger partial charge in [0.25, 0.3) is 0 Å². The minimum absolute atomic E-state index is 0.288. The van der Waals surface area contributed by atoms with E-state index < -0.39 is 0 Å². The van der Waals surface area contributed by atoms with Gasteiger partial charge in [-0.3, -0.25) is 4.99 Å². The molecule has 2 aliphatic heterocycles. The molecule has 2 nitrogen and oxygen atoms in total. The van der Waals surface area contributed by atoms with Crippen molar-refractivity contribution in [2.24, 2.45) is 4.99 Å². The van der Waals surface area contributed by atoms with E-state index in [9.17, 15) is 0 Å². The zero-order valence-corrected chi connectivity index (χ0v) is 26.3. The van der Waals surface area contributed by atoms with Crippen molar-refractivity contribution in [1.29, 1.82) is 0 Å². The Kier molecular flexibility index (Phi) is 5.75. The van der Waals surface area contributed by atoms with Crippen LogP contribution in [-0.4, -0.2) is 20.7 Å². The largest absolute Gasteiger partial charge is 0.267 e. The Bertz CT molecular complexity index is 1440. The molecule has 0 fully saturated rings. The lowest BCUT2D eigenvalue weighted by Crippen LogP contribution is -2.07. The molecule has 0 saturated heterocycles. The minimum Gasteiger partial charge on any atom is -0.267 e. The van der Waals surface area contributed by atoms with E-state index in [1.54, 1.807) is 22.7 Å². The Labute approximate surface area is 230 Å². The number of thiazole rings is 1. The van der Waals surface area contributed by atoms with E-state index in [1.165, 1.54) is 52.1 Å². The van der Waals surface area contributed by atoms with Crippen molar-refractivity contribution >= 4 is 161 Å². The Balaban J connectivity index is 1.46. The Morgan fingerprint density at radius 2 is 1.37 bits per heavy atom. The molecule has 154 valence electrons. The van der Waals surface area contributed by atoms with Crippen LogP contribution in [-0.2, 0) is 0 Å². The van der Waals surface area contributed by atoms with E-state index in [0.29, 0.717) is 5.25 Å². The van der Waals surface area contributed by atoms with E-state index >= 15 is 0 Å². The molecule has 2 unspecified atom stereocenters. The summed E-state index contributed by atoms with van der Waals surface area (Å²) in [4.78, 5) is 15.7. The average molecular weight is 764 g/mol. The fourth-order valence-corrected chi connectivity index (χ4v) is 15.7. The van der Waals surface area contributed by atoms with Gasteiger partial charge in [0.05, 0.1) is 57.5 Å². The number of halogens is 4. The first kappa shape index (κ1) is 21.8. The number of thioether (sulfide) groups is 2. The molecule has 0 aliphatic carbocycles. The minimum atomic E-state index is 0.288. The number of aliphatic imine (C=N–C) groups is 1. The molecule has 2 atom stereocenters. The van der Waals surface area contributed by atoms with Gasteiger partial charge in [-0.15, -0.1) is 45.3 Å². The molecule has 0 radical (unpaired) electrons. The summed E-state index contributed by atoms with van der Waals surface area (Å²) in [5, 5.41) is 2.98. The highest BCUT2D eigenvalue weighted by Crippen LogP contribution is 2.60. The first-order chi connectivity index (χ1) is 14.3. The molecule has 0 aromatic carbocycles. The standard InChI is InChI=1S/C18H8Br4N2S6/c1-3-23-17-15(25-3)7(21)13(29-17)11-5(19)9-10(27-11)6(20)12(28-9)14-8(22)16-18(30-14)24-4(2)26-16/h15,17H,1-2H3. The van der Waals surface area contributed by atoms with Crippen LogP contribution in [0.25, 0.3) is 33.6 Å². The second-order valence-electron chi connectivity index (χ2n) is 6.63. The highest BCUT2D eigenvalue weighted by Gasteiger charge is 2.41. The molecule has 6 heterocycles. The third kappa shape index (κ3) is 3.22. The molecular weight excluding hydrogens is 756 g/mol. The van der Waals surface area contributed by atoms with Crippen LogP contribution in [0, 0.1) is 6.92 Å². The molecule has 2 aliphatic rings. The molecular formula is C18H8Br4N2S6. The first-order valence-corrected chi connectivity index (χ1v) is 16.8. The number of thiophene rings is 3. The van der Waals surface area contributed by atoms with Gasteiger partial charge in [-0.1, -0.05) is 39.5 Å². The highest BCUT2D eigenvalue weighted by atomic mass is 79.9. The van der Waals surface area contributed by atoms with Gasteiger partial charge in [0.1, 0.15) is 10.2 Å². The van der Waals surface area contributed by atoms with E-state index in [0.717, 1.165) is 14.3 Å². The third-order valence-electron chi connectivity index (χ3n) is 4.70. The van der Waals surface area contributed by atoms with Crippen molar-refractivity contribution in [3.8, 4) is 9.75 Å². The summed E-state index contributed by atoms with van der Waals surface area (Å²) in [7, 11) is 0. The number of rotatable bonds is 2. The maximum absolute atomic E-state index is 4.80. The van der Waals surface area contributed by atoms with Crippen molar-refractivity contribution in [3.05, 3.63) is 27.8 Å². The van der Waals surface area contributed by atoms with Gasteiger partial charge in [0, 0.05) is 9.39 Å². The zero-order chi connectivity index (χ0) is 20.9. The number of nitrogens with zero attached hydrogens (tertiary/aromatic N) is 2. The van der Waals surface area contributed by atoms with E-state index in [-0.39, 0.29) is 5.37 Å². The number of aromatic nitrogens is 1. The SMILES string of the molecule is CC1=NC2SC(c3sc4c(Br)c(-c5sc6nc(C)sc6c5Br)sc4c3Br)=C(Br)C2S1. The molecule has 4 aromatic heterocycles. The van der Waals surface area contributed by atoms with Gasteiger partial charge >= 0.3 is 0 Å². The van der Waals surface area contributed by atoms with Crippen molar-refractivity contribution in [1.82, 2.24) is 4.98 Å². The van der Waals surface area contributed by atoms with Gasteiger partial charge in [-0.2, -0.15) is 0 Å². The molecule has 0 saturated carbocycles. The summed E-state index contributed by atoms with van der Waals surface area (Å²) in [6, 6.07) is 0. The van der Waals surface area contributed by atoms with Gasteiger partial charge < -0.3 is 0 Å². The highest BCUT2D eigenvalue weighted by molar-refractivity contribution is 9.12. The van der Waals surface area contributed by atoms with Gasteiger partial charge in [-0.05, 0) is 61.6 Å². The summed E-state index contributed by atoms with van der Waals surface area (Å²) in [6.45, 7) is 4.16. The maximum atomic E-state index is 4.80. The number of fused-ring (bicyclic) bond motifs is 3. The summed E-state index contributed by atoms with van der Waals surface area (Å²) < 4.78 is 8.63. The van der Waals surface area contributed by atoms with Crippen LogP contribution in [0.15, 0.2) is 22.9 Å². The summed E-state index contributed by atoms with van der Waals surface area (Å²) in [5.74, 6) is 0. The topological polar surface area (TPSA) is 25.2 Å². The van der Waals surface area contributed by atoms with Crippen LogP contribution in [0.2, 0.25) is 0 Å². The second kappa shape index (κ2) is 7.91.